The summed E-state index contributed by atoms with van der Waals surface area (Å²) in [4.78, 5) is 16.9. The van der Waals surface area contributed by atoms with Crippen LogP contribution in [0, 0.1) is 0 Å². The number of ether oxygens (including phenoxy) is 2. The van der Waals surface area contributed by atoms with Crippen molar-refractivity contribution in [1.82, 2.24) is 4.98 Å². The molecule has 0 radical (unpaired) electrons. The minimum atomic E-state index is -0.464. The minimum Gasteiger partial charge on any atom is -0.480 e. The molecule has 0 aliphatic heterocycles. The summed E-state index contributed by atoms with van der Waals surface area (Å²) < 4.78 is 9.76. The molecule has 0 aliphatic rings. The number of thiophene rings is 1. The van der Waals surface area contributed by atoms with Gasteiger partial charge in [0, 0.05) is 4.88 Å². The van der Waals surface area contributed by atoms with Crippen LogP contribution in [0.3, 0.4) is 0 Å². The number of rotatable bonds is 5. The highest BCUT2D eigenvalue weighted by atomic mass is 32.1. The molecule has 2 aromatic heterocycles. The Morgan fingerprint density at radius 2 is 2.21 bits per heavy atom. The molecule has 2 aromatic rings. The summed E-state index contributed by atoms with van der Waals surface area (Å²) in [5, 5.41) is 5.19. The van der Waals surface area contributed by atoms with Crippen molar-refractivity contribution in [1.29, 1.82) is 0 Å². The van der Waals surface area contributed by atoms with Crippen molar-refractivity contribution in [2.45, 2.75) is 6.54 Å². The van der Waals surface area contributed by atoms with E-state index in [1.807, 2.05) is 17.5 Å². The Bertz CT molecular complexity index is 555. The fourth-order valence-corrected chi connectivity index (χ4v) is 2.20. The van der Waals surface area contributed by atoms with E-state index < -0.39 is 5.97 Å². The number of anilines is 1. The highest BCUT2D eigenvalue weighted by Gasteiger charge is 2.14. The molecule has 0 aliphatic carbocycles. The molecular weight excluding hydrogens is 264 g/mol. The van der Waals surface area contributed by atoms with E-state index in [1.165, 1.54) is 19.1 Å². The molecule has 100 valence electrons. The predicted octanol–water partition coefficient (Wildman–Crippen LogP) is 2.55. The molecule has 0 fully saturated rings. The number of nitrogens with one attached hydrogen (secondary N) is 1. The second-order valence-electron chi connectivity index (χ2n) is 3.68. The summed E-state index contributed by atoms with van der Waals surface area (Å²) >= 11 is 1.67. The predicted molar refractivity (Wildman–Crippen MR) is 73.8 cm³/mol. The van der Waals surface area contributed by atoms with Gasteiger partial charge in [-0.1, -0.05) is 6.07 Å². The molecule has 0 spiro atoms. The van der Waals surface area contributed by atoms with Crippen LogP contribution in [0.25, 0.3) is 0 Å². The molecule has 0 amide bonds. The highest BCUT2D eigenvalue weighted by molar-refractivity contribution is 7.09. The Balaban J connectivity index is 2.12. The summed E-state index contributed by atoms with van der Waals surface area (Å²) in [5.74, 6) is 0.440. The second-order valence-corrected chi connectivity index (χ2v) is 4.71. The largest absolute Gasteiger partial charge is 0.480 e. The maximum absolute atomic E-state index is 11.5. The molecule has 6 heteroatoms. The molecule has 0 aromatic carbocycles. The van der Waals surface area contributed by atoms with E-state index in [1.54, 1.807) is 23.5 Å². The van der Waals surface area contributed by atoms with Gasteiger partial charge in [0.05, 0.1) is 20.8 Å². The fraction of sp³-hybridized carbons (Fsp3) is 0.231. The number of hydrogen-bond acceptors (Lipinski definition) is 6. The van der Waals surface area contributed by atoms with Crippen LogP contribution < -0.4 is 10.1 Å². The molecule has 0 saturated heterocycles. The molecule has 0 bridgehead atoms. The van der Waals surface area contributed by atoms with E-state index in [-0.39, 0.29) is 5.88 Å². The normalized spacial score (nSPS) is 10.0. The first-order valence-electron chi connectivity index (χ1n) is 5.64. The van der Waals surface area contributed by atoms with Crippen LogP contribution in [0.1, 0.15) is 15.2 Å². The van der Waals surface area contributed by atoms with Gasteiger partial charge in [-0.15, -0.1) is 11.3 Å². The quantitative estimate of drug-likeness (QED) is 0.852. The number of hydrogen-bond donors (Lipinski definition) is 1. The SMILES string of the molecule is COC(=O)c1ccc(NCc2cccs2)nc1OC. The summed E-state index contributed by atoms with van der Waals surface area (Å²) in [6, 6.07) is 7.39. The van der Waals surface area contributed by atoms with E-state index in [0.29, 0.717) is 17.9 Å². The standard InChI is InChI=1S/C13H14N2O3S/c1-17-12-10(13(16)18-2)5-6-11(15-12)14-8-9-4-3-7-19-9/h3-7H,8H2,1-2H3,(H,14,15). The van der Waals surface area contributed by atoms with Crippen molar-refractivity contribution in [2.24, 2.45) is 0 Å². The fourth-order valence-electron chi connectivity index (χ4n) is 1.55. The van der Waals surface area contributed by atoms with Crippen molar-refractivity contribution < 1.29 is 14.3 Å². The van der Waals surface area contributed by atoms with Gasteiger partial charge in [0.25, 0.3) is 0 Å². The van der Waals surface area contributed by atoms with Gasteiger partial charge in [0.2, 0.25) is 5.88 Å². The smallest absolute Gasteiger partial charge is 0.343 e. The minimum absolute atomic E-state index is 0.253. The highest BCUT2D eigenvalue weighted by Crippen LogP contribution is 2.20. The van der Waals surface area contributed by atoms with Crippen LogP contribution in [0.15, 0.2) is 29.6 Å². The summed E-state index contributed by atoms with van der Waals surface area (Å²) in [6.45, 7) is 0.686. The van der Waals surface area contributed by atoms with Crippen LogP contribution >= 0.6 is 11.3 Å². The maximum atomic E-state index is 11.5. The van der Waals surface area contributed by atoms with Gasteiger partial charge in [-0.25, -0.2) is 4.79 Å². The molecule has 2 rings (SSSR count). The molecular formula is C13H14N2O3S. The van der Waals surface area contributed by atoms with Crippen LogP contribution in [-0.4, -0.2) is 25.2 Å². The summed E-state index contributed by atoms with van der Waals surface area (Å²) in [5.41, 5.74) is 0.312. The van der Waals surface area contributed by atoms with Gasteiger partial charge in [-0.05, 0) is 23.6 Å². The van der Waals surface area contributed by atoms with E-state index in [9.17, 15) is 4.79 Å². The van der Waals surface area contributed by atoms with Gasteiger partial charge in [-0.3, -0.25) is 0 Å². The van der Waals surface area contributed by atoms with E-state index in [4.69, 9.17) is 4.74 Å². The lowest BCUT2D eigenvalue weighted by atomic mass is 10.2. The topological polar surface area (TPSA) is 60.5 Å². The van der Waals surface area contributed by atoms with Gasteiger partial charge in [0.15, 0.2) is 0 Å². The molecule has 1 N–H and O–H groups in total. The van der Waals surface area contributed by atoms with Crippen molar-refractivity contribution in [3.63, 3.8) is 0 Å². The number of carbonyl (C=O) groups excluding carboxylic acids is 1. The summed E-state index contributed by atoms with van der Waals surface area (Å²) in [7, 11) is 2.79. The average molecular weight is 278 g/mol. The number of methoxy groups -OCH3 is 2. The van der Waals surface area contributed by atoms with Crippen molar-refractivity contribution in [3.8, 4) is 5.88 Å². The third kappa shape index (κ3) is 3.23. The number of aromatic nitrogens is 1. The van der Waals surface area contributed by atoms with Crippen molar-refractivity contribution >= 4 is 23.1 Å². The van der Waals surface area contributed by atoms with E-state index in [2.05, 4.69) is 15.0 Å². The Morgan fingerprint density at radius 1 is 1.37 bits per heavy atom. The van der Waals surface area contributed by atoms with Gasteiger partial charge < -0.3 is 14.8 Å². The average Bonchev–Trinajstić information content (AvgIpc) is 2.97. The lowest BCUT2D eigenvalue weighted by molar-refractivity contribution is 0.0596. The van der Waals surface area contributed by atoms with Crippen LogP contribution in [0.4, 0.5) is 5.82 Å². The molecule has 19 heavy (non-hydrogen) atoms. The zero-order valence-electron chi connectivity index (χ0n) is 10.7. The van der Waals surface area contributed by atoms with Crippen molar-refractivity contribution in [2.75, 3.05) is 19.5 Å². The van der Waals surface area contributed by atoms with Gasteiger partial charge in [-0.2, -0.15) is 4.98 Å². The first-order valence-corrected chi connectivity index (χ1v) is 6.52. The third-order valence-corrected chi connectivity index (χ3v) is 3.36. The molecule has 2 heterocycles. The Kier molecular flexibility index (Phi) is 4.35. The zero-order chi connectivity index (χ0) is 13.7. The Morgan fingerprint density at radius 3 is 2.84 bits per heavy atom. The van der Waals surface area contributed by atoms with E-state index >= 15 is 0 Å². The first kappa shape index (κ1) is 13.4. The molecule has 0 unspecified atom stereocenters. The van der Waals surface area contributed by atoms with Crippen LogP contribution in [-0.2, 0) is 11.3 Å². The number of pyridine rings is 1. The number of esters is 1. The maximum Gasteiger partial charge on any atom is 0.343 e. The Labute approximate surface area is 115 Å². The Hall–Kier alpha value is -2.08. The first-order chi connectivity index (χ1) is 9.24. The molecule has 0 atom stereocenters. The number of carbonyl (C=O) groups is 1. The number of nitrogens with zero attached hydrogens (tertiary/aromatic N) is 1. The van der Waals surface area contributed by atoms with Crippen LogP contribution in [0.5, 0.6) is 5.88 Å². The second kappa shape index (κ2) is 6.19. The van der Waals surface area contributed by atoms with Crippen molar-refractivity contribution in [3.05, 3.63) is 40.1 Å². The lowest BCUT2D eigenvalue weighted by Crippen LogP contribution is -2.07. The zero-order valence-corrected chi connectivity index (χ0v) is 11.5. The summed E-state index contributed by atoms with van der Waals surface area (Å²) in [6.07, 6.45) is 0. The lowest BCUT2D eigenvalue weighted by Gasteiger charge is -2.09. The molecule has 0 saturated carbocycles. The third-order valence-electron chi connectivity index (χ3n) is 2.48. The van der Waals surface area contributed by atoms with Gasteiger partial charge >= 0.3 is 5.97 Å². The van der Waals surface area contributed by atoms with Gasteiger partial charge in [0.1, 0.15) is 11.4 Å². The monoisotopic (exact) mass is 278 g/mol. The van der Waals surface area contributed by atoms with E-state index in [0.717, 1.165) is 0 Å². The van der Waals surface area contributed by atoms with Crippen LogP contribution in [0.2, 0.25) is 0 Å². The molecule has 5 nitrogen and oxygen atoms in total.